The standard InChI is InChI=1S/C8H11NO4S2/c1-5(11)7-4-6(9(12)13)8(15-7)14-3-2-10/h4-5,10-11H,2-3H2,1H3. The van der Waals surface area contributed by atoms with Crippen LogP contribution in [0.25, 0.3) is 0 Å². The summed E-state index contributed by atoms with van der Waals surface area (Å²) in [6.07, 6.45) is -0.697. The van der Waals surface area contributed by atoms with Crippen LogP contribution in [-0.4, -0.2) is 27.5 Å². The molecule has 84 valence electrons. The number of hydrogen-bond donors (Lipinski definition) is 2. The van der Waals surface area contributed by atoms with Gasteiger partial charge in [-0.25, -0.2) is 0 Å². The molecule has 0 bridgehead atoms. The maximum absolute atomic E-state index is 10.7. The van der Waals surface area contributed by atoms with Crippen molar-refractivity contribution < 1.29 is 15.1 Å². The Morgan fingerprint density at radius 3 is 2.87 bits per heavy atom. The van der Waals surface area contributed by atoms with E-state index in [2.05, 4.69) is 0 Å². The van der Waals surface area contributed by atoms with Gasteiger partial charge in [0.1, 0.15) is 4.21 Å². The highest BCUT2D eigenvalue weighted by Gasteiger charge is 2.20. The lowest BCUT2D eigenvalue weighted by Gasteiger charge is -1.96. The average molecular weight is 249 g/mol. The minimum atomic E-state index is -0.697. The fourth-order valence-corrected chi connectivity index (χ4v) is 3.08. The van der Waals surface area contributed by atoms with Crippen LogP contribution in [-0.2, 0) is 0 Å². The van der Waals surface area contributed by atoms with Crippen molar-refractivity contribution in [2.75, 3.05) is 12.4 Å². The summed E-state index contributed by atoms with van der Waals surface area (Å²) in [5.74, 6) is 0.417. The number of nitrogens with zero attached hydrogens (tertiary/aromatic N) is 1. The third-order valence-electron chi connectivity index (χ3n) is 1.63. The SMILES string of the molecule is CC(O)c1cc([N+](=O)[O-])c(SCCO)s1. The van der Waals surface area contributed by atoms with E-state index >= 15 is 0 Å². The molecule has 1 heterocycles. The van der Waals surface area contributed by atoms with Crippen molar-refractivity contribution in [3.05, 3.63) is 21.1 Å². The van der Waals surface area contributed by atoms with Crippen LogP contribution in [0.1, 0.15) is 17.9 Å². The molecule has 7 heteroatoms. The fraction of sp³-hybridized carbons (Fsp3) is 0.500. The first-order valence-corrected chi connectivity index (χ1v) is 6.06. The Morgan fingerprint density at radius 1 is 1.73 bits per heavy atom. The van der Waals surface area contributed by atoms with Crippen molar-refractivity contribution in [3.8, 4) is 0 Å². The van der Waals surface area contributed by atoms with Gasteiger partial charge in [0.25, 0.3) is 5.69 Å². The van der Waals surface area contributed by atoms with E-state index in [0.717, 1.165) is 0 Å². The highest BCUT2D eigenvalue weighted by atomic mass is 32.2. The van der Waals surface area contributed by atoms with Crippen molar-refractivity contribution in [3.63, 3.8) is 0 Å². The van der Waals surface area contributed by atoms with E-state index in [-0.39, 0.29) is 12.3 Å². The molecular weight excluding hydrogens is 238 g/mol. The summed E-state index contributed by atoms with van der Waals surface area (Å²) >= 11 is 2.43. The second kappa shape index (κ2) is 5.45. The van der Waals surface area contributed by atoms with Gasteiger partial charge in [-0.2, -0.15) is 0 Å². The number of thioether (sulfide) groups is 1. The first kappa shape index (κ1) is 12.4. The predicted molar refractivity (Wildman–Crippen MR) is 59.4 cm³/mol. The molecular formula is C8H11NO4S2. The normalized spacial score (nSPS) is 12.7. The van der Waals surface area contributed by atoms with Crippen LogP contribution >= 0.6 is 23.1 Å². The lowest BCUT2D eigenvalue weighted by atomic mass is 10.3. The van der Waals surface area contributed by atoms with E-state index in [1.54, 1.807) is 6.92 Å². The third kappa shape index (κ3) is 3.16. The molecule has 0 saturated carbocycles. The Bertz CT molecular complexity index is 350. The van der Waals surface area contributed by atoms with Gasteiger partial charge in [-0.3, -0.25) is 10.1 Å². The monoisotopic (exact) mass is 249 g/mol. The summed E-state index contributed by atoms with van der Waals surface area (Å²) in [6, 6.07) is 1.38. The second-order valence-electron chi connectivity index (χ2n) is 2.83. The molecule has 0 amide bonds. The van der Waals surface area contributed by atoms with Crippen LogP contribution in [0.15, 0.2) is 10.3 Å². The van der Waals surface area contributed by atoms with Gasteiger partial charge in [0, 0.05) is 16.7 Å². The van der Waals surface area contributed by atoms with Crippen molar-refractivity contribution in [2.24, 2.45) is 0 Å². The molecule has 2 N–H and O–H groups in total. The van der Waals surface area contributed by atoms with E-state index < -0.39 is 11.0 Å². The summed E-state index contributed by atoms with van der Waals surface area (Å²) in [4.78, 5) is 10.8. The Kier molecular flexibility index (Phi) is 4.52. The molecule has 0 spiro atoms. The van der Waals surface area contributed by atoms with Gasteiger partial charge in [0.05, 0.1) is 17.6 Å². The second-order valence-corrected chi connectivity index (χ2v) is 5.27. The van der Waals surface area contributed by atoms with Gasteiger partial charge in [-0.1, -0.05) is 0 Å². The molecule has 0 aliphatic rings. The zero-order chi connectivity index (χ0) is 11.4. The van der Waals surface area contributed by atoms with Crippen LogP contribution in [0.4, 0.5) is 5.69 Å². The number of aliphatic hydroxyl groups is 2. The Labute approximate surface area is 94.9 Å². The minimum Gasteiger partial charge on any atom is -0.396 e. The number of hydrogen-bond acceptors (Lipinski definition) is 6. The van der Waals surface area contributed by atoms with Crippen LogP contribution in [0.2, 0.25) is 0 Å². The van der Waals surface area contributed by atoms with Crippen LogP contribution in [0.3, 0.4) is 0 Å². The number of rotatable bonds is 5. The molecule has 0 aliphatic carbocycles. The van der Waals surface area contributed by atoms with Gasteiger partial charge in [0.2, 0.25) is 0 Å². The maximum Gasteiger partial charge on any atom is 0.294 e. The predicted octanol–water partition coefficient (Wildman–Crippen LogP) is 1.79. The topological polar surface area (TPSA) is 83.6 Å². The molecule has 0 radical (unpaired) electrons. The molecule has 5 nitrogen and oxygen atoms in total. The molecule has 0 saturated heterocycles. The summed E-state index contributed by atoms with van der Waals surface area (Å²) in [7, 11) is 0. The largest absolute Gasteiger partial charge is 0.396 e. The minimum absolute atomic E-state index is 0.00866. The molecule has 1 atom stereocenters. The number of nitro groups is 1. The molecule has 0 aromatic carbocycles. The first-order valence-electron chi connectivity index (χ1n) is 4.26. The zero-order valence-electron chi connectivity index (χ0n) is 8.04. The Hall–Kier alpha value is -0.630. The van der Waals surface area contributed by atoms with Crippen LogP contribution < -0.4 is 0 Å². The van der Waals surface area contributed by atoms with E-state index in [0.29, 0.717) is 14.8 Å². The summed E-state index contributed by atoms with van der Waals surface area (Å²) < 4.78 is 0.532. The molecule has 1 aromatic rings. The molecule has 0 aliphatic heterocycles. The van der Waals surface area contributed by atoms with Gasteiger partial charge in [-0.15, -0.1) is 23.1 Å². The average Bonchev–Trinajstić information content (AvgIpc) is 2.58. The van der Waals surface area contributed by atoms with Gasteiger partial charge in [-0.05, 0) is 6.92 Å². The maximum atomic E-state index is 10.7. The fourth-order valence-electron chi connectivity index (χ4n) is 0.957. The third-order valence-corrected chi connectivity index (χ3v) is 4.18. The van der Waals surface area contributed by atoms with Crippen molar-refractivity contribution in [2.45, 2.75) is 17.2 Å². The van der Waals surface area contributed by atoms with E-state index in [4.69, 9.17) is 5.11 Å². The van der Waals surface area contributed by atoms with E-state index in [9.17, 15) is 15.2 Å². The van der Waals surface area contributed by atoms with Crippen molar-refractivity contribution in [1.29, 1.82) is 0 Å². The first-order chi connectivity index (χ1) is 7.06. The van der Waals surface area contributed by atoms with Crippen molar-refractivity contribution in [1.82, 2.24) is 0 Å². The van der Waals surface area contributed by atoms with Gasteiger partial charge >= 0.3 is 0 Å². The van der Waals surface area contributed by atoms with E-state index in [1.807, 2.05) is 0 Å². The Morgan fingerprint density at radius 2 is 2.40 bits per heavy atom. The highest BCUT2D eigenvalue weighted by Crippen LogP contribution is 2.39. The van der Waals surface area contributed by atoms with Gasteiger partial charge in [0.15, 0.2) is 0 Å². The number of aliphatic hydroxyl groups excluding tert-OH is 2. The summed E-state index contributed by atoms with van der Waals surface area (Å²) in [5.41, 5.74) is 0.00866. The molecule has 1 rings (SSSR count). The summed E-state index contributed by atoms with van der Waals surface area (Å²) in [6.45, 7) is 1.54. The lowest BCUT2D eigenvalue weighted by molar-refractivity contribution is -0.387. The van der Waals surface area contributed by atoms with Crippen LogP contribution in [0, 0.1) is 10.1 Å². The molecule has 0 fully saturated rings. The van der Waals surface area contributed by atoms with Gasteiger partial charge < -0.3 is 10.2 Å². The number of thiophene rings is 1. The van der Waals surface area contributed by atoms with Crippen molar-refractivity contribution >= 4 is 28.8 Å². The highest BCUT2D eigenvalue weighted by molar-refractivity contribution is 8.01. The molecule has 1 aromatic heterocycles. The lowest BCUT2D eigenvalue weighted by Crippen LogP contribution is -1.89. The zero-order valence-corrected chi connectivity index (χ0v) is 9.68. The van der Waals surface area contributed by atoms with Crippen LogP contribution in [0.5, 0.6) is 0 Å². The molecule has 1 unspecified atom stereocenters. The van der Waals surface area contributed by atoms with E-state index in [1.165, 1.54) is 29.2 Å². The quantitative estimate of drug-likeness (QED) is 0.472. The molecule has 15 heavy (non-hydrogen) atoms. The Balaban J connectivity index is 2.95. The summed E-state index contributed by atoms with van der Waals surface area (Å²) in [5, 5.41) is 28.6. The smallest absolute Gasteiger partial charge is 0.294 e.